The van der Waals surface area contributed by atoms with Crippen molar-refractivity contribution < 1.29 is 0 Å². The molecule has 1 aromatic carbocycles. The number of nitrogens with zero attached hydrogens (tertiary/aromatic N) is 3. The van der Waals surface area contributed by atoms with Crippen LogP contribution in [-0.2, 0) is 13.1 Å². The van der Waals surface area contributed by atoms with E-state index in [-0.39, 0.29) is 0 Å². The summed E-state index contributed by atoms with van der Waals surface area (Å²) in [6.07, 6.45) is 3.96. The molecule has 0 aliphatic carbocycles. The van der Waals surface area contributed by atoms with Crippen molar-refractivity contribution >= 4 is 5.69 Å². The van der Waals surface area contributed by atoms with Crippen molar-refractivity contribution in [2.45, 2.75) is 33.0 Å². The van der Waals surface area contributed by atoms with Gasteiger partial charge >= 0.3 is 0 Å². The Bertz CT molecular complexity index is 575. The molecule has 1 aliphatic rings. The molecule has 1 aromatic heterocycles. The van der Waals surface area contributed by atoms with Gasteiger partial charge in [-0.1, -0.05) is 25.1 Å². The number of para-hydroxylation sites is 1. The highest BCUT2D eigenvalue weighted by Gasteiger charge is 2.20. The number of hydrogen-bond acceptors (Lipinski definition) is 3. The van der Waals surface area contributed by atoms with Crippen LogP contribution in [0.5, 0.6) is 0 Å². The predicted molar refractivity (Wildman–Crippen MR) is 81.8 cm³/mol. The number of anilines is 1. The second-order valence-corrected chi connectivity index (χ2v) is 5.30. The molecule has 0 saturated heterocycles. The molecule has 106 valence electrons. The minimum atomic E-state index is 0.373. The Morgan fingerprint density at radius 2 is 2.15 bits per heavy atom. The Hall–Kier alpha value is -1.81. The van der Waals surface area contributed by atoms with E-state index in [1.54, 1.807) is 0 Å². The van der Waals surface area contributed by atoms with E-state index < -0.39 is 0 Å². The summed E-state index contributed by atoms with van der Waals surface area (Å²) < 4.78 is 2.24. The molecular weight excluding hydrogens is 248 g/mol. The Kier molecular flexibility index (Phi) is 3.74. The highest BCUT2D eigenvalue weighted by atomic mass is 15.2. The minimum absolute atomic E-state index is 0.373. The smallest absolute Gasteiger partial charge is 0.128 e. The van der Waals surface area contributed by atoms with E-state index >= 15 is 0 Å². The lowest BCUT2D eigenvalue weighted by Gasteiger charge is -2.32. The lowest BCUT2D eigenvalue weighted by Crippen LogP contribution is -2.35. The van der Waals surface area contributed by atoms with Crippen LogP contribution in [0.1, 0.15) is 31.3 Å². The molecule has 0 radical (unpaired) electrons. The van der Waals surface area contributed by atoms with Gasteiger partial charge in [-0.25, -0.2) is 4.98 Å². The monoisotopic (exact) mass is 270 g/mol. The highest BCUT2D eigenvalue weighted by Crippen LogP contribution is 2.28. The molecule has 1 aliphatic heterocycles. The van der Waals surface area contributed by atoms with E-state index in [9.17, 15) is 0 Å². The normalized spacial score (nSPS) is 16.0. The highest BCUT2D eigenvalue weighted by molar-refractivity contribution is 5.55. The first kappa shape index (κ1) is 13.2. The number of fused-ring (bicyclic) bond motifs is 1. The maximum absolute atomic E-state index is 4.45. The van der Waals surface area contributed by atoms with Gasteiger partial charge in [-0.2, -0.15) is 0 Å². The third-order valence-electron chi connectivity index (χ3n) is 4.00. The summed E-state index contributed by atoms with van der Waals surface area (Å²) in [5, 5.41) is 3.51. The molecule has 1 N–H and O–H groups in total. The second kappa shape index (κ2) is 5.67. The van der Waals surface area contributed by atoms with Gasteiger partial charge in [0.05, 0.1) is 6.54 Å². The summed E-state index contributed by atoms with van der Waals surface area (Å²) in [7, 11) is 0. The molecular formula is C16H22N4. The lowest BCUT2D eigenvalue weighted by molar-refractivity contribution is 0.550. The lowest BCUT2D eigenvalue weighted by atomic mass is 10.0. The molecule has 1 unspecified atom stereocenters. The molecule has 0 fully saturated rings. The number of aromatic nitrogens is 2. The number of hydrogen-bond donors (Lipinski definition) is 1. The van der Waals surface area contributed by atoms with Crippen LogP contribution < -0.4 is 10.2 Å². The molecule has 0 spiro atoms. The fourth-order valence-corrected chi connectivity index (χ4v) is 2.94. The SMILES string of the molecule is CCNC(C)c1ccccc1N1CCn2ccnc2C1. The molecule has 20 heavy (non-hydrogen) atoms. The van der Waals surface area contributed by atoms with Crippen LogP contribution >= 0.6 is 0 Å². The second-order valence-electron chi connectivity index (χ2n) is 5.30. The van der Waals surface area contributed by atoms with E-state index in [1.165, 1.54) is 11.3 Å². The summed E-state index contributed by atoms with van der Waals surface area (Å²) in [5.74, 6) is 1.15. The van der Waals surface area contributed by atoms with Crippen molar-refractivity contribution in [1.29, 1.82) is 0 Å². The first-order chi connectivity index (χ1) is 9.79. The van der Waals surface area contributed by atoms with Gasteiger partial charge in [0.25, 0.3) is 0 Å². The quantitative estimate of drug-likeness (QED) is 0.927. The standard InChI is InChI=1S/C16H22N4/c1-3-17-13(2)14-6-4-5-7-15(14)20-11-10-19-9-8-18-16(19)12-20/h4-9,13,17H,3,10-12H2,1-2H3. The summed E-state index contributed by atoms with van der Waals surface area (Å²) in [4.78, 5) is 6.89. The predicted octanol–water partition coefficient (Wildman–Crippen LogP) is 2.57. The fraction of sp³-hybridized carbons (Fsp3) is 0.438. The largest absolute Gasteiger partial charge is 0.362 e. The van der Waals surface area contributed by atoms with Crippen molar-refractivity contribution in [3.63, 3.8) is 0 Å². The summed E-state index contributed by atoms with van der Waals surface area (Å²) in [5.41, 5.74) is 2.70. The van der Waals surface area contributed by atoms with Crippen LogP contribution in [0.3, 0.4) is 0 Å². The maximum atomic E-state index is 4.45. The van der Waals surface area contributed by atoms with E-state index in [1.807, 2.05) is 6.20 Å². The fourth-order valence-electron chi connectivity index (χ4n) is 2.94. The van der Waals surface area contributed by atoms with Crippen LogP contribution in [0.2, 0.25) is 0 Å². The van der Waals surface area contributed by atoms with Gasteiger partial charge in [-0.3, -0.25) is 0 Å². The zero-order valence-electron chi connectivity index (χ0n) is 12.2. The average molecular weight is 270 g/mol. The minimum Gasteiger partial charge on any atom is -0.362 e. The molecule has 0 bridgehead atoms. The van der Waals surface area contributed by atoms with Gasteiger partial charge in [-0.05, 0) is 25.1 Å². The van der Waals surface area contributed by atoms with Gasteiger partial charge < -0.3 is 14.8 Å². The van der Waals surface area contributed by atoms with Crippen LogP contribution in [0.15, 0.2) is 36.7 Å². The molecule has 4 heteroatoms. The summed E-state index contributed by atoms with van der Waals surface area (Å²) in [6.45, 7) is 8.31. The molecule has 2 heterocycles. The first-order valence-electron chi connectivity index (χ1n) is 7.37. The van der Waals surface area contributed by atoms with E-state index in [4.69, 9.17) is 0 Å². The van der Waals surface area contributed by atoms with Crippen molar-refractivity contribution in [2.24, 2.45) is 0 Å². The van der Waals surface area contributed by atoms with Gasteiger partial charge in [-0.15, -0.1) is 0 Å². The number of imidazole rings is 1. The van der Waals surface area contributed by atoms with E-state index in [0.29, 0.717) is 6.04 Å². The van der Waals surface area contributed by atoms with Gasteiger partial charge in [0.2, 0.25) is 0 Å². The van der Waals surface area contributed by atoms with Gasteiger partial charge in [0.15, 0.2) is 0 Å². The molecule has 3 rings (SSSR count). The van der Waals surface area contributed by atoms with Crippen molar-refractivity contribution in [2.75, 3.05) is 18.0 Å². The number of rotatable bonds is 4. The third kappa shape index (κ3) is 2.43. The van der Waals surface area contributed by atoms with E-state index in [0.717, 1.165) is 32.0 Å². The maximum Gasteiger partial charge on any atom is 0.128 e. The Morgan fingerprint density at radius 1 is 1.30 bits per heavy atom. The van der Waals surface area contributed by atoms with Crippen molar-refractivity contribution in [1.82, 2.24) is 14.9 Å². The van der Waals surface area contributed by atoms with Gasteiger partial charge in [0.1, 0.15) is 5.82 Å². The van der Waals surface area contributed by atoms with Crippen LogP contribution in [0.25, 0.3) is 0 Å². The van der Waals surface area contributed by atoms with Crippen LogP contribution in [0, 0.1) is 0 Å². The van der Waals surface area contributed by atoms with Crippen molar-refractivity contribution in [3.8, 4) is 0 Å². The van der Waals surface area contributed by atoms with Crippen molar-refractivity contribution in [3.05, 3.63) is 48.0 Å². The van der Waals surface area contributed by atoms with Crippen LogP contribution in [0.4, 0.5) is 5.69 Å². The Morgan fingerprint density at radius 3 is 3.00 bits per heavy atom. The van der Waals surface area contributed by atoms with E-state index in [2.05, 4.69) is 64.1 Å². The zero-order valence-corrected chi connectivity index (χ0v) is 12.2. The number of nitrogens with one attached hydrogen (secondary N) is 1. The summed E-state index contributed by atoms with van der Waals surface area (Å²) in [6, 6.07) is 9.07. The third-order valence-corrected chi connectivity index (χ3v) is 4.00. The molecule has 2 aromatic rings. The molecule has 4 nitrogen and oxygen atoms in total. The number of benzene rings is 1. The Labute approximate surface area is 120 Å². The molecule has 0 amide bonds. The zero-order chi connectivity index (χ0) is 13.9. The molecule has 1 atom stereocenters. The van der Waals surface area contributed by atoms with Gasteiger partial charge in [0, 0.05) is 37.2 Å². The first-order valence-corrected chi connectivity index (χ1v) is 7.37. The van der Waals surface area contributed by atoms with Crippen LogP contribution in [-0.4, -0.2) is 22.6 Å². The average Bonchev–Trinajstić information content (AvgIpc) is 2.95. The topological polar surface area (TPSA) is 33.1 Å². The molecule has 0 saturated carbocycles. The summed E-state index contributed by atoms with van der Waals surface area (Å²) >= 11 is 0. The Balaban J connectivity index is 1.88.